The number of nitrogens with one attached hydrogen (secondary N) is 1. The molecule has 3 heteroatoms. The van der Waals surface area contributed by atoms with E-state index in [9.17, 15) is 4.79 Å². The number of allylic oxidation sites excluding steroid dienone is 2. The molecule has 1 aromatic carbocycles. The van der Waals surface area contributed by atoms with Crippen molar-refractivity contribution >= 4 is 34.2 Å². The minimum absolute atomic E-state index is 0.126. The van der Waals surface area contributed by atoms with Crippen LogP contribution in [0, 0.1) is 5.92 Å². The third-order valence-corrected chi connectivity index (χ3v) is 4.82. The first kappa shape index (κ1) is 14.6. The Hall–Kier alpha value is -0.840. The number of rotatable bonds is 5. The van der Waals surface area contributed by atoms with Crippen LogP contribution in [0.3, 0.4) is 0 Å². The molecule has 0 heterocycles. The fourth-order valence-corrected chi connectivity index (χ4v) is 3.38. The van der Waals surface area contributed by atoms with E-state index in [1.54, 1.807) is 0 Å². The quantitative estimate of drug-likeness (QED) is 0.734. The predicted octanol–water partition coefficient (Wildman–Crippen LogP) is 4.91. The highest BCUT2D eigenvalue weighted by molar-refractivity contribution is 14.1. The minimum atomic E-state index is 0.126. The Bertz CT molecular complexity index is 441. The fourth-order valence-electron chi connectivity index (χ4n) is 2.44. The zero-order chi connectivity index (χ0) is 13.5. The van der Waals surface area contributed by atoms with Crippen molar-refractivity contribution in [3.8, 4) is 0 Å². The van der Waals surface area contributed by atoms with Crippen LogP contribution >= 0.6 is 22.6 Å². The van der Waals surface area contributed by atoms with E-state index in [-0.39, 0.29) is 5.91 Å². The molecule has 1 atom stereocenters. The molecular formula is C16H20INO. The average Bonchev–Trinajstić information content (AvgIpc) is 2.42. The van der Waals surface area contributed by atoms with Crippen LogP contribution in [0.5, 0.6) is 0 Å². The summed E-state index contributed by atoms with van der Waals surface area (Å²) in [6, 6.07) is 9.66. The van der Waals surface area contributed by atoms with Gasteiger partial charge in [0.25, 0.3) is 0 Å². The number of carbonyl (C=O) groups excluding carboxylic acids is 1. The first-order chi connectivity index (χ1) is 9.25. The van der Waals surface area contributed by atoms with E-state index in [1.807, 2.05) is 30.3 Å². The summed E-state index contributed by atoms with van der Waals surface area (Å²) in [6.45, 7) is 0. The topological polar surface area (TPSA) is 29.1 Å². The molecule has 2 rings (SSSR count). The average molecular weight is 369 g/mol. The van der Waals surface area contributed by atoms with Crippen LogP contribution in [0.1, 0.15) is 38.5 Å². The number of hydrogen-bond donors (Lipinski definition) is 1. The molecule has 1 N–H and O–H groups in total. The van der Waals surface area contributed by atoms with Crippen LogP contribution < -0.4 is 5.32 Å². The van der Waals surface area contributed by atoms with Gasteiger partial charge in [-0.3, -0.25) is 4.79 Å². The van der Waals surface area contributed by atoms with Gasteiger partial charge in [0.15, 0.2) is 0 Å². The van der Waals surface area contributed by atoms with Crippen molar-refractivity contribution in [2.75, 3.05) is 5.32 Å². The standard InChI is InChI=1S/C16H20INO/c17-15-11-5-4-7-13(15)8-6-12-16(19)18-14-9-2-1-3-10-14/h1-3,9-11,13H,4-8,12H2,(H,18,19). The normalized spacial score (nSPS) is 18.8. The maximum absolute atomic E-state index is 11.8. The second-order valence-corrected chi connectivity index (χ2v) is 6.27. The highest BCUT2D eigenvalue weighted by Gasteiger charge is 2.15. The summed E-state index contributed by atoms with van der Waals surface area (Å²) in [5.74, 6) is 0.819. The van der Waals surface area contributed by atoms with Crippen molar-refractivity contribution in [3.05, 3.63) is 40.0 Å². The number of benzene rings is 1. The number of hydrogen-bond acceptors (Lipinski definition) is 1. The lowest BCUT2D eigenvalue weighted by atomic mass is 9.91. The molecule has 0 saturated heterocycles. The molecule has 0 radical (unpaired) electrons. The Kier molecular flexibility index (Phi) is 5.89. The lowest BCUT2D eigenvalue weighted by Crippen LogP contribution is -2.12. The number of amides is 1. The Morgan fingerprint density at radius 1 is 1.32 bits per heavy atom. The molecule has 0 spiro atoms. The van der Waals surface area contributed by atoms with Crippen LogP contribution in [-0.2, 0) is 4.79 Å². The van der Waals surface area contributed by atoms with Crippen molar-refractivity contribution < 1.29 is 4.79 Å². The number of carbonyl (C=O) groups is 1. The largest absolute Gasteiger partial charge is 0.326 e. The van der Waals surface area contributed by atoms with Gasteiger partial charge in [-0.1, -0.05) is 24.3 Å². The lowest BCUT2D eigenvalue weighted by Gasteiger charge is -2.20. The summed E-state index contributed by atoms with van der Waals surface area (Å²) in [5, 5.41) is 2.94. The van der Waals surface area contributed by atoms with Crippen molar-refractivity contribution in [1.29, 1.82) is 0 Å². The SMILES string of the molecule is O=C(CCCC1CCCC=C1I)Nc1ccccc1. The van der Waals surface area contributed by atoms with E-state index in [4.69, 9.17) is 0 Å². The highest BCUT2D eigenvalue weighted by Crippen LogP contribution is 2.33. The van der Waals surface area contributed by atoms with Crippen molar-refractivity contribution in [3.63, 3.8) is 0 Å². The monoisotopic (exact) mass is 369 g/mol. The van der Waals surface area contributed by atoms with Gasteiger partial charge in [0.2, 0.25) is 5.91 Å². The number of halogens is 1. The van der Waals surface area contributed by atoms with Gasteiger partial charge < -0.3 is 5.32 Å². The Morgan fingerprint density at radius 2 is 2.11 bits per heavy atom. The van der Waals surface area contributed by atoms with Gasteiger partial charge in [-0.15, -0.1) is 0 Å². The molecule has 102 valence electrons. The molecule has 0 fully saturated rings. The highest BCUT2D eigenvalue weighted by atomic mass is 127. The third-order valence-electron chi connectivity index (χ3n) is 3.50. The summed E-state index contributed by atoms with van der Waals surface area (Å²) in [6.07, 6.45) is 8.89. The number of anilines is 1. The van der Waals surface area contributed by atoms with Crippen molar-refractivity contribution in [2.24, 2.45) is 5.92 Å². The molecule has 2 nitrogen and oxygen atoms in total. The smallest absolute Gasteiger partial charge is 0.224 e. The summed E-state index contributed by atoms with van der Waals surface area (Å²) in [7, 11) is 0. The zero-order valence-corrected chi connectivity index (χ0v) is 13.2. The van der Waals surface area contributed by atoms with Gasteiger partial charge >= 0.3 is 0 Å². The molecule has 1 amide bonds. The molecule has 1 aliphatic carbocycles. The van der Waals surface area contributed by atoms with Gasteiger partial charge in [0.05, 0.1) is 0 Å². The molecular weight excluding hydrogens is 349 g/mol. The Balaban J connectivity index is 1.69. The van der Waals surface area contributed by atoms with E-state index in [1.165, 1.54) is 22.8 Å². The maximum atomic E-state index is 11.8. The number of para-hydroxylation sites is 1. The molecule has 19 heavy (non-hydrogen) atoms. The van der Waals surface area contributed by atoms with Gasteiger partial charge in [-0.25, -0.2) is 0 Å². The summed E-state index contributed by atoms with van der Waals surface area (Å²) >= 11 is 2.46. The van der Waals surface area contributed by atoms with E-state index < -0.39 is 0 Å². The molecule has 1 unspecified atom stereocenters. The predicted molar refractivity (Wildman–Crippen MR) is 88.4 cm³/mol. The van der Waals surface area contributed by atoms with Crippen LogP contribution in [0.15, 0.2) is 40.0 Å². The van der Waals surface area contributed by atoms with Gasteiger partial charge in [-0.05, 0) is 76.3 Å². The van der Waals surface area contributed by atoms with E-state index in [2.05, 4.69) is 34.0 Å². The van der Waals surface area contributed by atoms with Crippen LogP contribution in [0.25, 0.3) is 0 Å². The molecule has 1 aromatic rings. The zero-order valence-electron chi connectivity index (χ0n) is 11.1. The van der Waals surface area contributed by atoms with Crippen molar-refractivity contribution in [2.45, 2.75) is 38.5 Å². The van der Waals surface area contributed by atoms with Crippen LogP contribution in [0.4, 0.5) is 5.69 Å². The molecule has 0 aromatic heterocycles. The fraction of sp³-hybridized carbons (Fsp3) is 0.438. The van der Waals surface area contributed by atoms with Gasteiger partial charge in [-0.2, -0.15) is 0 Å². The molecule has 1 aliphatic rings. The van der Waals surface area contributed by atoms with Crippen LogP contribution in [-0.4, -0.2) is 5.91 Å². The summed E-state index contributed by atoms with van der Waals surface area (Å²) < 4.78 is 1.49. The van der Waals surface area contributed by atoms with Crippen LogP contribution in [0.2, 0.25) is 0 Å². The Morgan fingerprint density at radius 3 is 2.84 bits per heavy atom. The summed E-state index contributed by atoms with van der Waals surface area (Å²) in [5.41, 5.74) is 0.889. The maximum Gasteiger partial charge on any atom is 0.224 e. The third kappa shape index (κ3) is 4.97. The minimum Gasteiger partial charge on any atom is -0.326 e. The van der Waals surface area contributed by atoms with Gasteiger partial charge in [0.1, 0.15) is 0 Å². The lowest BCUT2D eigenvalue weighted by molar-refractivity contribution is -0.116. The Labute approximate surface area is 128 Å². The van der Waals surface area contributed by atoms with E-state index in [0.717, 1.165) is 18.5 Å². The van der Waals surface area contributed by atoms with E-state index in [0.29, 0.717) is 12.3 Å². The molecule has 0 bridgehead atoms. The second kappa shape index (κ2) is 7.68. The summed E-state index contributed by atoms with van der Waals surface area (Å²) in [4.78, 5) is 11.8. The van der Waals surface area contributed by atoms with Gasteiger partial charge in [0, 0.05) is 12.1 Å². The first-order valence-corrected chi connectivity index (χ1v) is 8.04. The van der Waals surface area contributed by atoms with Crippen molar-refractivity contribution in [1.82, 2.24) is 0 Å². The molecule has 0 aliphatic heterocycles. The second-order valence-electron chi connectivity index (χ2n) is 5.02. The first-order valence-electron chi connectivity index (χ1n) is 6.96. The van der Waals surface area contributed by atoms with E-state index >= 15 is 0 Å². The molecule has 0 saturated carbocycles.